The van der Waals surface area contributed by atoms with Crippen molar-refractivity contribution in [2.24, 2.45) is 0 Å². The SMILES string of the molecule is COc1ccc(Cl)cc1COc1ccc(Br)cc1. The molecule has 0 N–H and O–H groups in total. The van der Waals surface area contributed by atoms with Crippen molar-refractivity contribution in [1.29, 1.82) is 0 Å². The Labute approximate surface area is 120 Å². The maximum absolute atomic E-state index is 5.96. The first-order valence-corrected chi connectivity index (χ1v) is 6.57. The Bertz CT molecular complexity index is 526. The van der Waals surface area contributed by atoms with Crippen molar-refractivity contribution < 1.29 is 9.47 Å². The van der Waals surface area contributed by atoms with Gasteiger partial charge in [0.2, 0.25) is 0 Å². The molecule has 0 aromatic heterocycles. The minimum atomic E-state index is 0.422. The normalized spacial score (nSPS) is 10.2. The molecule has 0 spiro atoms. The summed E-state index contributed by atoms with van der Waals surface area (Å²) in [5, 5.41) is 0.671. The highest BCUT2D eigenvalue weighted by Crippen LogP contribution is 2.24. The van der Waals surface area contributed by atoms with Gasteiger partial charge in [-0.05, 0) is 42.5 Å². The van der Waals surface area contributed by atoms with Gasteiger partial charge in [0.1, 0.15) is 18.1 Å². The van der Waals surface area contributed by atoms with Gasteiger partial charge in [0.05, 0.1) is 7.11 Å². The smallest absolute Gasteiger partial charge is 0.125 e. The van der Waals surface area contributed by atoms with E-state index >= 15 is 0 Å². The molecule has 0 amide bonds. The third-order valence-electron chi connectivity index (χ3n) is 2.45. The van der Waals surface area contributed by atoms with Crippen molar-refractivity contribution >= 4 is 27.5 Å². The fraction of sp³-hybridized carbons (Fsp3) is 0.143. The largest absolute Gasteiger partial charge is 0.496 e. The van der Waals surface area contributed by atoms with Crippen LogP contribution in [0.25, 0.3) is 0 Å². The van der Waals surface area contributed by atoms with Crippen molar-refractivity contribution in [2.45, 2.75) is 6.61 Å². The molecule has 0 fully saturated rings. The van der Waals surface area contributed by atoms with E-state index in [0.29, 0.717) is 11.6 Å². The zero-order chi connectivity index (χ0) is 13.0. The molecule has 18 heavy (non-hydrogen) atoms. The van der Waals surface area contributed by atoms with Gasteiger partial charge in [-0.1, -0.05) is 27.5 Å². The number of rotatable bonds is 4. The highest BCUT2D eigenvalue weighted by atomic mass is 79.9. The number of ether oxygens (including phenoxy) is 2. The van der Waals surface area contributed by atoms with Gasteiger partial charge in [0.15, 0.2) is 0 Å². The molecule has 0 aliphatic heterocycles. The van der Waals surface area contributed by atoms with E-state index in [1.807, 2.05) is 36.4 Å². The first-order chi connectivity index (χ1) is 8.69. The maximum Gasteiger partial charge on any atom is 0.125 e. The standard InChI is InChI=1S/C14H12BrClO2/c1-17-14-7-4-12(16)8-10(14)9-18-13-5-2-11(15)3-6-13/h2-8H,9H2,1H3. The first kappa shape index (κ1) is 13.2. The van der Waals surface area contributed by atoms with Crippen LogP contribution in [-0.2, 0) is 6.61 Å². The molecule has 0 aliphatic rings. The summed E-state index contributed by atoms with van der Waals surface area (Å²) in [6.07, 6.45) is 0. The van der Waals surface area contributed by atoms with Crippen LogP contribution in [0.2, 0.25) is 5.02 Å². The predicted octanol–water partition coefficient (Wildman–Crippen LogP) is 4.69. The monoisotopic (exact) mass is 326 g/mol. The lowest BCUT2D eigenvalue weighted by Crippen LogP contribution is -1.98. The average molecular weight is 328 g/mol. The molecule has 2 rings (SSSR count). The van der Waals surface area contributed by atoms with Gasteiger partial charge in [-0.15, -0.1) is 0 Å². The molecule has 0 atom stereocenters. The lowest BCUT2D eigenvalue weighted by Gasteiger charge is -2.10. The molecule has 0 bridgehead atoms. The third-order valence-corrected chi connectivity index (χ3v) is 3.21. The van der Waals surface area contributed by atoms with Gasteiger partial charge in [0, 0.05) is 15.1 Å². The second kappa shape index (κ2) is 6.12. The van der Waals surface area contributed by atoms with Crippen molar-refractivity contribution in [3.63, 3.8) is 0 Å². The van der Waals surface area contributed by atoms with E-state index in [-0.39, 0.29) is 0 Å². The summed E-state index contributed by atoms with van der Waals surface area (Å²) >= 11 is 9.34. The Balaban J connectivity index is 2.09. The summed E-state index contributed by atoms with van der Waals surface area (Å²) in [5.74, 6) is 1.58. The van der Waals surface area contributed by atoms with E-state index in [2.05, 4.69) is 15.9 Å². The molecule has 0 radical (unpaired) electrons. The molecule has 4 heteroatoms. The molecule has 2 nitrogen and oxygen atoms in total. The minimum Gasteiger partial charge on any atom is -0.496 e. The Morgan fingerprint density at radius 1 is 1.11 bits per heavy atom. The summed E-state index contributed by atoms with van der Waals surface area (Å²) in [6.45, 7) is 0.422. The maximum atomic E-state index is 5.96. The lowest BCUT2D eigenvalue weighted by atomic mass is 10.2. The van der Waals surface area contributed by atoms with Crippen molar-refractivity contribution in [3.05, 3.63) is 57.5 Å². The topological polar surface area (TPSA) is 18.5 Å². The van der Waals surface area contributed by atoms with Crippen LogP contribution >= 0.6 is 27.5 Å². The lowest BCUT2D eigenvalue weighted by molar-refractivity contribution is 0.296. The van der Waals surface area contributed by atoms with Gasteiger partial charge >= 0.3 is 0 Å². The quantitative estimate of drug-likeness (QED) is 0.811. The molecule has 0 saturated heterocycles. The average Bonchev–Trinajstić information content (AvgIpc) is 2.38. The number of hydrogen-bond donors (Lipinski definition) is 0. The van der Waals surface area contributed by atoms with Crippen LogP contribution in [0.15, 0.2) is 46.9 Å². The fourth-order valence-electron chi connectivity index (χ4n) is 1.55. The molecule has 0 heterocycles. The first-order valence-electron chi connectivity index (χ1n) is 5.40. The van der Waals surface area contributed by atoms with E-state index in [1.165, 1.54) is 0 Å². The van der Waals surface area contributed by atoms with Gasteiger partial charge in [-0.3, -0.25) is 0 Å². The second-order valence-electron chi connectivity index (χ2n) is 3.70. The Kier molecular flexibility index (Phi) is 4.50. The van der Waals surface area contributed by atoms with Crippen LogP contribution in [0.4, 0.5) is 0 Å². The van der Waals surface area contributed by atoms with Crippen LogP contribution in [-0.4, -0.2) is 7.11 Å². The Hall–Kier alpha value is -1.19. The van der Waals surface area contributed by atoms with E-state index in [0.717, 1.165) is 21.5 Å². The molecular weight excluding hydrogens is 316 g/mol. The number of methoxy groups -OCH3 is 1. The minimum absolute atomic E-state index is 0.422. The van der Waals surface area contributed by atoms with Gasteiger partial charge < -0.3 is 9.47 Å². The number of benzene rings is 2. The van der Waals surface area contributed by atoms with Crippen LogP contribution in [0.1, 0.15) is 5.56 Å². The molecule has 0 saturated carbocycles. The molecular formula is C14H12BrClO2. The summed E-state index contributed by atoms with van der Waals surface area (Å²) in [5.41, 5.74) is 0.924. The molecule has 2 aromatic rings. The Morgan fingerprint density at radius 2 is 1.83 bits per heavy atom. The van der Waals surface area contributed by atoms with Crippen LogP contribution in [0.3, 0.4) is 0 Å². The zero-order valence-corrected chi connectivity index (χ0v) is 12.2. The second-order valence-corrected chi connectivity index (χ2v) is 5.05. The Morgan fingerprint density at radius 3 is 2.50 bits per heavy atom. The van der Waals surface area contributed by atoms with Crippen LogP contribution < -0.4 is 9.47 Å². The van der Waals surface area contributed by atoms with E-state index in [4.69, 9.17) is 21.1 Å². The fourth-order valence-corrected chi connectivity index (χ4v) is 2.01. The number of hydrogen-bond acceptors (Lipinski definition) is 2. The van der Waals surface area contributed by atoms with Gasteiger partial charge in [-0.25, -0.2) is 0 Å². The third kappa shape index (κ3) is 3.40. The van der Waals surface area contributed by atoms with Gasteiger partial charge in [0.25, 0.3) is 0 Å². The molecule has 0 unspecified atom stereocenters. The highest BCUT2D eigenvalue weighted by Gasteiger charge is 2.05. The summed E-state index contributed by atoms with van der Waals surface area (Å²) in [7, 11) is 1.63. The molecule has 2 aromatic carbocycles. The molecule has 94 valence electrons. The predicted molar refractivity (Wildman–Crippen MR) is 76.5 cm³/mol. The number of halogens is 2. The highest BCUT2D eigenvalue weighted by molar-refractivity contribution is 9.10. The van der Waals surface area contributed by atoms with E-state index < -0.39 is 0 Å². The summed E-state index contributed by atoms with van der Waals surface area (Å²) in [4.78, 5) is 0. The van der Waals surface area contributed by atoms with Gasteiger partial charge in [-0.2, -0.15) is 0 Å². The van der Waals surface area contributed by atoms with E-state index in [9.17, 15) is 0 Å². The van der Waals surface area contributed by atoms with Crippen LogP contribution in [0, 0.1) is 0 Å². The van der Waals surface area contributed by atoms with Crippen molar-refractivity contribution in [1.82, 2.24) is 0 Å². The molecule has 0 aliphatic carbocycles. The van der Waals surface area contributed by atoms with Crippen molar-refractivity contribution in [2.75, 3.05) is 7.11 Å². The van der Waals surface area contributed by atoms with Crippen molar-refractivity contribution in [3.8, 4) is 11.5 Å². The summed E-state index contributed by atoms with van der Waals surface area (Å²) in [6, 6.07) is 13.2. The summed E-state index contributed by atoms with van der Waals surface area (Å²) < 4.78 is 12.0. The van der Waals surface area contributed by atoms with Crippen LogP contribution in [0.5, 0.6) is 11.5 Å². The van der Waals surface area contributed by atoms with E-state index in [1.54, 1.807) is 13.2 Å². The zero-order valence-electron chi connectivity index (χ0n) is 9.82.